The summed E-state index contributed by atoms with van der Waals surface area (Å²) in [7, 11) is 1.90. The van der Waals surface area contributed by atoms with Gasteiger partial charge in [0, 0.05) is 29.0 Å². The second-order valence-electron chi connectivity index (χ2n) is 4.05. The largest absolute Gasteiger partial charge is 0.409 e. The zero-order valence-corrected chi connectivity index (χ0v) is 13.8. The number of benzene rings is 1. The second-order valence-corrected chi connectivity index (χ2v) is 5.82. The van der Waals surface area contributed by atoms with Crippen molar-refractivity contribution in [1.82, 2.24) is 4.98 Å². The minimum Gasteiger partial charge on any atom is -0.409 e. The van der Waals surface area contributed by atoms with Crippen molar-refractivity contribution in [1.29, 1.82) is 0 Å². The van der Waals surface area contributed by atoms with Gasteiger partial charge in [-0.1, -0.05) is 17.3 Å². The van der Waals surface area contributed by atoms with E-state index in [1.807, 2.05) is 36.2 Å². The van der Waals surface area contributed by atoms with E-state index < -0.39 is 0 Å². The van der Waals surface area contributed by atoms with Crippen molar-refractivity contribution in [3.05, 3.63) is 51.0 Å². The molecule has 0 radical (unpaired) electrons. The predicted molar refractivity (Wildman–Crippen MR) is 86.7 cm³/mol. The van der Waals surface area contributed by atoms with Gasteiger partial charge >= 0.3 is 0 Å². The van der Waals surface area contributed by atoms with E-state index in [9.17, 15) is 0 Å². The first kappa shape index (κ1) is 14.8. The van der Waals surface area contributed by atoms with E-state index in [4.69, 9.17) is 10.9 Å². The van der Waals surface area contributed by atoms with E-state index in [0.29, 0.717) is 5.56 Å². The Morgan fingerprint density at radius 1 is 1.35 bits per heavy atom. The van der Waals surface area contributed by atoms with E-state index in [-0.39, 0.29) is 5.84 Å². The van der Waals surface area contributed by atoms with Crippen molar-refractivity contribution in [2.24, 2.45) is 10.9 Å². The number of nitrogens with two attached hydrogens (primary N) is 1. The van der Waals surface area contributed by atoms with Crippen LogP contribution in [0.1, 0.15) is 5.56 Å². The summed E-state index contributed by atoms with van der Waals surface area (Å²) in [5, 5.41) is 11.7. The van der Waals surface area contributed by atoms with Crippen LogP contribution >= 0.6 is 31.9 Å². The Morgan fingerprint density at radius 2 is 2.10 bits per heavy atom. The van der Waals surface area contributed by atoms with Crippen LogP contribution in [0.3, 0.4) is 0 Å². The van der Waals surface area contributed by atoms with Crippen molar-refractivity contribution in [3.8, 4) is 0 Å². The number of rotatable bonds is 3. The van der Waals surface area contributed by atoms with Crippen molar-refractivity contribution in [2.45, 2.75) is 0 Å². The van der Waals surface area contributed by atoms with Gasteiger partial charge in [0.05, 0.1) is 4.47 Å². The van der Waals surface area contributed by atoms with Crippen LogP contribution in [-0.4, -0.2) is 23.1 Å². The molecule has 0 saturated carbocycles. The molecule has 0 spiro atoms. The number of aromatic nitrogens is 1. The first-order valence-electron chi connectivity index (χ1n) is 5.65. The molecule has 0 amide bonds. The average molecular weight is 400 g/mol. The molecule has 0 atom stereocenters. The number of anilines is 2. The van der Waals surface area contributed by atoms with Gasteiger partial charge in [0.1, 0.15) is 5.82 Å². The Labute approximate surface area is 133 Å². The van der Waals surface area contributed by atoms with Gasteiger partial charge in [-0.3, -0.25) is 0 Å². The number of hydrogen-bond acceptors (Lipinski definition) is 4. The molecular formula is C13H12Br2N4O. The monoisotopic (exact) mass is 398 g/mol. The molecule has 7 heteroatoms. The van der Waals surface area contributed by atoms with Gasteiger partial charge in [-0.05, 0) is 50.1 Å². The minimum atomic E-state index is 0.0723. The van der Waals surface area contributed by atoms with Crippen LogP contribution in [0.5, 0.6) is 0 Å². The second kappa shape index (κ2) is 6.23. The summed E-state index contributed by atoms with van der Waals surface area (Å²) in [5.74, 6) is 0.841. The number of hydrogen-bond donors (Lipinski definition) is 2. The number of nitrogens with zero attached hydrogens (tertiary/aromatic N) is 3. The molecule has 0 unspecified atom stereocenters. The van der Waals surface area contributed by atoms with E-state index in [2.05, 4.69) is 42.0 Å². The lowest BCUT2D eigenvalue weighted by atomic mass is 10.2. The third-order valence-electron chi connectivity index (χ3n) is 2.74. The Balaban J connectivity index is 2.40. The van der Waals surface area contributed by atoms with Gasteiger partial charge in [-0.25, -0.2) is 4.98 Å². The Kier molecular flexibility index (Phi) is 4.61. The molecule has 0 aliphatic carbocycles. The maximum Gasteiger partial charge on any atom is 0.170 e. The molecule has 0 fully saturated rings. The van der Waals surface area contributed by atoms with Crippen molar-refractivity contribution >= 4 is 49.2 Å². The molecule has 3 N–H and O–H groups in total. The lowest BCUT2D eigenvalue weighted by Gasteiger charge is -2.20. The van der Waals surface area contributed by atoms with Crippen molar-refractivity contribution in [3.63, 3.8) is 0 Å². The van der Waals surface area contributed by atoms with Crippen LogP contribution in [0.2, 0.25) is 0 Å². The highest BCUT2D eigenvalue weighted by Crippen LogP contribution is 2.30. The average Bonchev–Trinajstić information content (AvgIpc) is 2.46. The smallest absolute Gasteiger partial charge is 0.170 e. The lowest BCUT2D eigenvalue weighted by Crippen LogP contribution is -2.16. The van der Waals surface area contributed by atoms with E-state index in [1.54, 1.807) is 12.3 Å². The Hall–Kier alpha value is -1.60. The molecule has 1 heterocycles. The van der Waals surface area contributed by atoms with Crippen LogP contribution < -0.4 is 10.6 Å². The molecule has 0 aliphatic rings. The van der Waals surface area contributed by atoms with Crippen LogP contribution in [-0.2, 0) is 0 Å². The molecule has 1 aromatic heterocycles. The minimum absolute atomic E-state index is 0.0723. The summed E-state index contributed by atoms with van der Waals surface area (Å²) in [5.41, 5.74) is 7.13. The molecule has 1 aromatic carbocycles. The van der Waals surface area contributed by atoms with Gasteiger partial charge < -0.3 is 15.8 Å². The molecule has 0 saturated heterocycles. The quantitative estimate of drug-likeness (QED) is 0.358. The fourth-order valence-electron chi connectivity index (χ4n) is 1.71. The fourth-order valence-corrected chi connectivity index (χ4v) is 2.96. The normalized spacial score (nSPS) is 11.4. The number of halogens is 2. The van der Waals surface area contributed by atoms with Crippen LogP contribution in [0, 0.1) is 0 Å². The highest BCUT2D eigenvalue weighted by atomic mass is 79.9. The van der Waals surface area contributed by atoms with Crippen molar-refractivity contribution in [2.75, 3.05) is 11.9 Å². The summed E-state index contributed by atoms with van der Waals surface area (Å²) in [6.45, 7) is 0. The highest BCUT2D eigenvalue weighted by molar-refractivity contribution is 9.11. The van der Waals surface area contributed by atoms with Gasteiger partial charge in [0.2, 0.25) is 0 Å². The molecule has 2 aromatic rings. The molecule has 0 bridgehead atoms. The number of oxime groups is 1. The maximum atomic E-state index is 8.73. The van der Waals surface area contributed by atoms with Gasteiger partial charge in [-0.15, -0.1) is 0 Å². The molecule has 5 nitrogen and oxygen atoms in total. The first-order chi connectivity index (χ1) is 9.52. The van der Waals surface area contributed by atoms with Gasteiger partial charge in [0.25, 0.3) is 0 Å². The lowest BCUT2D eigenvalue weighted by molar-refractivity contribution is 0.318. The standard InChI is InChI=1S/C13H12Br2N4O/c1-19(13-11(15)6-9(14)7-17-13)10-4-2-3-8(5-10)12(16)18-20/h2-7,20H,1H3,(H2,16,18). The summed E-state index contributed by atoms with van der Waals surface area (Å²) < 4.78 is 1.76. The highest BCUT2D eigenvalue weighted by Gasteiger charge is 2.11. The number of pyridine rings is 1. The van der Waals surface area contributed by atoms with E-state index >= 15 is 0 Å². The topological polar surface area (TPSA) is 74.7 Å². The fraction of sp³-hybridized carbons (Fsp3) is 0.0769. The maximum absolute atomic E-state index is 8.73. The van der Waals surface area contributed by atoms with Crippen LogP contribution in [0.15, 0.2) is 50.6 Å². The third-order valence-corrected chi connectivity index (χ3v) is 3.76. The molecular weight excluding hydrogens is 388 g/mol. The summed E-state index contributed by atoms with van der Waals surface area (Å²) in [4.78, 5) is 6.28. The molecule has 0 aliphatic heterocycles. The van der Waals surface area contributed by atoms with Gasteiger partial charge in [0.15, 0.2) is 5.84 Å². The molecule has 20 heavy (non-hydrogen) atoms. The van der Waals surface area contributed by atoms with Crippen molar-refractivity contribution < 1.29 is 5.21 Å². The summed E-state index contributed by atoms with van der Waals surface area (Å²) >= 11 is 6.85. The van der Waals surface area contributed by atoms with Crippen LogP contribution in [0.4, 0.5) is 11.5 Å². The molecule has 104 valence electrons. The number of amidine groups is 1. The predicted octanol–water partition coefficient (Wildman–Crippen LogP) is 3.47. The zero-order valence-electron chi connectivity index (χ0n) is 10.6. The van der Waals surface area contributed by atoms with Crippen LogP contribution in [0.25, 0.3) is 0 Å². The third kappa shape index (κ3) is 3.10. The Morgan fingerprint density at radius 3 is 2.75 bits per heavy atom. The Bertz CT molecular complexity index is 661. The summed E-state index contributed by atoms with van der Waals surface area (Å²) in [6, 6.07) is 9.28. The van der Waals surface area contributed by atoms with E-state index in [1.165, 1.54) is 0 Å². The van der Waals surface area contributed by atoms with Gasteiger partial charge in [-0.2, -0.15) is 0 Å². The van der Waals surface area contributed by atoms with E-state index in [0.717, 1.165) is 20.5 Å². The SMILES string of the molecule is CN(c1cccc(/C(N)=N/O)c1)c1ncc(Br)cc1Br. The first-order valence-corrected chi connectivity index (χ1v) is 7.24. The zero-order chi connectivity index (χ0) is 14.7. The summed E-state index contributed by atoms with van der Waals surface area (Å²) in [6.07, 6.45) is 1.73. The molecule has 2 rings (SSSR count).